The van der Waals surface area contributed by atoms with Crippen LogP contribution >= 0.6 is 11.6 Å². The molecular weight excluding hydrogens is 294 g/mol. The lowest BCUT2D eigenvalue weighted by atomic mass is 10.3. The predicted molar refractivity (Wildman–Crippen MR) is 77.8 cm³/mol. The number of carboxylic acid groups (broad SMARTS) is 1. The van der Waals surface area contributed by atoms with Gasteiger partial charge in [-0.05, 0) is 25.5 Å². The molecule has 0 saturated carbocycles. The van der Waals surface area contributed by atoms with Crippen molar-refractivity contribution in [3.63, 3.8) is 0 Å². The topological polar surface area (TPSA) is 77.2 Å². The minimum absolute atomic E-state index is 0.0211. The molecule has 0 bridgehead atoms. The number of ether oxygens (including phenoxy) is 1. The molecule has 0 spiro atoms. The molecule has 2 heterocycles. The zero-order valence-electron chi connectivity index (χ0n) is 11.8. The smallest absolute Gasteiger partial charge is 0.354 e. The molecule has 0 fully saturated rings. The molecule has 0 aliphatic heterocycles. The van der Waals surface area contributed by atoms with E-state index in [1.807, 2.05) is 13.8 Å². The van der Waals surface area contributed by atoms with E-state index in [4.69, 9.17) is 21.4 Å². The van der Waals surface area contributed by atoms with Gasteiger partial charge in [-0.1, -0.05) is 18.5 Å². The highest BCUT2D eigenvalue weighted by Gasteiger charge is 2.15. The quantitative estimate of drug-likeness (QED) is 0.887. The molecule has 0 saturated heterocycles. The summed E-state index contributed by atoms with van der Waals surface area (Å²) in [6, 6.07) is 2.96. The van der Waals surface area contributed by atoms with Crippen LogP contribution in [0.3, 0.4) is 0 Å². The van der Waals surface area contributed by atoms with Crippen LogP contribution in [0.15, 0.2) is 18.3 Å². The van der Waals surface area contributed by atoms with E-state index in [2.05, 4.69) is 10.1 Å². The van der Waals surface area contributed by atoms with Gasteiger partial charge in [0.25, 0.3) is 0 Å². The van der Waals surface area contributed by atoms with E-state index in [9.17, 15) is 4.79 Å². The highest BCUT2D eigenvalue weighted by Crippen LogP contribution is 2.23. The molecule has 0 amide bonds. The number of pyridine rings is 1. The van der Waals surface area contributed by atoms with E-state index in [0.29, 0.717) is 17.3 Å². The number of aryl methyl sites for hydroxylation is 2. The lowest BCUT2D eigenvalue weighted by Gasteiger charge is -2.08. The van der Waals surface area contributed by atoms with E-state index >= 15 is 0 Å². The van der Waals surface area contributed by atoms with Crippen LogP contribution in [0.4, 0.5) is 0 Å². The summed E-state index contributed by atoms with van der Waals surface area (Å²) in [5.74, 6) is -0.584. The number of aromatic nitrogens is 3. The molecule has 7 heteroatoms. The van der Waals surface area contributed by atoms with Gasteiger partial charge in [0.05, 0.1) is 22.6 Å². The van der Waals surface area contributed by atoms with E-state index in [-0.39, 0.29) is 12.3 Å². The first-order chi connectivity index (χ1) is 10.1. The number of halogens is 1. The molecule has 112 valence electrons. The normalized spacial score (nSPS) is 10.6. The number of aromatic carboxylic acids is 1. The van der Waals surface area contributed by atoms with Gasteiger partial charge in [0, 0.05) is 6.54 Å². The molecule has 0 atom stereocenters. The molecule has 0 unspecified atom stereocenters. The molecule has 2 aromatic heterocycles. The summed E-state index contributed by atoms with van der Waals surface area (Å²) in [4.78, 5) is 14.5. The first-order valence-electron chi connectivity index (χ1n) is 6.63. The first-order valence-corrected chi connectivity index (χ1v) is 7.00. The summed E-state index contributed by atoms with van der Waals surface area (Å²) in [5, 5.41) is 13.8. The number of carbonyl (C=O) groups is 1. The van der Waals surface area contributed by atoms with Crippen LogP contribution < -0.4 is 4.74 Å². The van der Waals surface area contributed by atoms with Crippen molar-refractivity contribution >= 4 is 17.6 Å². The number of rotatable bonds is 6. The van der Waals surface area contributed by atoms with E-state index < -0.39 is 5.97 Å². The van der Waals surface area contributed by atoms with Crippen LogP contribution in [-0.4, -0.2) is 25.8 Å². The van der Waals surface area contributed by atoms with Crippen molar-refractivity contribution in [3.8, 4) is 5.75 Å². The van der Waals surface area contributed by atoms with Crippen LogP contribution in [0.25, 0.3) is 0 Å². The Morgan fingerprint density at radius 2 is 2.19 bits per heavy atom. The summed E-state index contributed by atoms with van der Waals surface area (Å²) < 4.78 is 7.41. The minimum Gasteiger partial charge on any atom is -0.486 e. The SMILES string of the molecule is CCc1nn(CC)c(COc2ccc(C(=O)O)nc2)c1Cl. The minimum atomic E-state index is -1.07. The Morgan fingerprint density at radius 3 is 2.71 bits per heavy atom. The van der Waals surface area contributed by atoms with Gasteiger partial charge >= 0.3 is 5.97 Å². The lowest BCUT2D eigenvalue weighted by molar-refractivity contribution is 0.0690. The second-order valence-corrected chi connectivity index (χ2v) is 4.73. The van der Waals surface area contributed by atoms with Crippen molar-refractivity contribution in [2.45, 2.75) is 33.4 Å². The molecule has 21 heavy (non-hydrogen) atoms. The third-order valence-corrected chi connectivity index (χ3v) is 3.46. The second kappa shape index (κ2) is 6.58. The van der Waals surface area contributed by atoms with Crippen molar-refractivity contribution in [1.29, 1.82) is 0 Å². The van der Waals surface area contributed by atoms with Crippen molar-refractivity contribution in [2.24, 2.45) is 0 Å². The van der Waals surface area contributed by atoms with Gasteiger partial charge in [-0.25, -0.2) is 9.78 Å². The average molecular weight is 310 g/mol. The largest absolute Gasteiger partial charge is 0.486 e. The van der Waals surface area contributed by atoms with Crippen molar-refractivity contribution in [2.75, 3.05) is 0 Å². The molecular formula is C14H16ClN3O3. The Bertz CT molecular complexity index is 638. The summed E-state index contributed by atoms with van der Waals surface area (Å²) in [6.07, 6.45) is 2.14. The molecule has 0 aliphatic rings. The summed E-state index contributed by atoms with van der Waals surface area (Å²) in [5.41, 5.74) is 1.63. The monoisotopic (exact) mass is 309 g/mol. The summed E-state index contributed by atoms with van der Waals surface area (Å²) in [6.45, 7) is 4.94. The van der Waals surface area contributed by atoms with Crippen LogP contribution in [0, 0.1) is 0 Å². The molecule has 0 radical (unpaired) electrons. The summed E-state index contributed by atoms with van der Waals surface area (Å²) in [7, 11) is 0. The number of nitrogens with zero attached hydrogens (tertiary/aromatic N) is 3. The molecule has 2 aromatic rings. The van der Waals surface area contributed by atoms with Crippen molar-refractivity contribution in [1.82, 2.24) is 14.8 Å². The zero-order chi connectivity index (χ0) is 15.4. The van der Waals surface area contributed by atoms with Gasteiger partial charge in [-0.2, -0.15) is 5.10 Å². The Kier molecular flexibility index (Phi) is 4.80. The fourth-order valence-electron chi connectivity index (χ4n) is 1.90. The fourth-order valence-corrected chi connectivity index (χ4v) is 2.22. The lowest BCUT2D eigenvalue weighted by Crippen LogP contribution is -2.07. The van der Waals surface area contributed by atoms with Gasteiger partial charge in [-0.15, -0.1) is 0 Å². The molecule has 1 N–H and O–H groups in total. The Hall–Kier alpha value is -2.08. The molecule has 0 aromatic carbocycles. The van der Waals surface area contributed by atoms with Crippen LogP contribution in [0.2, 0.25) is 5.02 Å². The standard InChI is InChI=1S/C14H16ClN3O3/c1-3-10-13(15)12(18(4-2)17-10)8-21-9-5-6-11(14(19)20)16-7-9/h5-7H,3-4,8H2,1-2H3,(H,19,20). The molecule has 6 nitrogen and oxygen atoms in total. The maximum absolute atomic E-state index is 10.7. The van der Waals surface area contributed by atoms with E-state index in [1.165, 1.54) is 12.3 Å². The zero-order valence-corrected chi connectivity index (χ0v) is 12.6. The highest BCUT2D eigenvalue weighted by molar-refractivity contribution is 6.31. The second-order valence-electron chi connectivity index (χ2n) is 4.35. The predicted octanol–water partition coefficient (Wildman–Crippen LogP) is 2.79. The fraction of sp³-hybridized carbons (Fsp3) is 0.357. The van der Waals surface area contributed by atoms with E-state index in [1.54, 1.807) is 10.7 Å². The molecule has 2 rings (SSSR count). The van der Waals surface area contributed by atoms with Gasteiger partial charge < -0.3 is 9.84 Å². The van der Waals surface area contributed by atoms with Gasteiger partial charge in [0.15, 0.2) is 0 Å². The highest BCUT2D eigenvalue weighted by atomic mass is 35.5. The number of carboxylic acids is 1. The molecule has 0 aliphatic carbocycles. The number of hydrogen-bond donors (Lipinski definition) is 1. The maximum atomic E-state index is 10.7. The van der Waals surface area contributed by atoms with Gasteiger partial charge in [-0.3, -0.25) is 4.68 Å². The summed E-state index contributed by atoms with van der Waals surface area (Å²) >= 11 is 6.28. The van der Waals surface area contributed by atoms with Gasteiger partial charge in [0.1, 0.15) is 18.1 Å². The Labute approximate surface area is 127 Å². The van der Waals surface area contributed by atoms with Crippen LogP contribution in [-0.2, 0) is 19.6 Å². The van der Waals surface area contributed by atoms with Crippen LogP contribution in [0.1, 0.15) is 35.7 Å². The first kappa shape index (κ1) is 15.3. The number of hydrogen-bond acceptors (Lipinski definition) is 4. The third-order valence-electron chi connectivity index (χ3n) is 3.03. The average Bonchev–Trinajstić information content (AvgIpc) is 2.81. The maximum Gasteiger partial charge on any atom is 0.354 e. The van der Waals surface area contributed by atoms with Crippen molar-refractivity contribution < 1.29 is 14.6 Å². The Balaban J connectivity index is 2.12. The van der Waals surface area contributed by atoms with Crippen molar-refractivity contribution in [3.05, 3.63) is 40.4 Å². The Morgan fingerprint density at radius 1 is 1.43 bits per heavy atom. The third kappa shape index (κ3) is 3.33. The van der Waals surface area contributed by atoms with Crippen LogP contribution in [0.5, 0.6) is 5.75 Å². The van der Waals surface area contributed by atoms with Gasteiger partial charge in [0.2, 0.25) is 0 Å². The van der Waals surface area contributed by atoms with E-state index in [0.717, 1.165) is 17.8 Å².